The van der Waals surface area contributed by atoms with E-state index in [9.17, 15) is 4.79 Å². The summed E-state index contributed by atoms with van der Waals surface area (Å²) in [7, 11) is 1.87. The van der Waals surface area contributed by atoms with E-state index in [1.807, 2.05) is 26.4 Å². The van der Waals surface area contributed by atoms with Crippen molar-refractivity contribution < 1.29 is 9.53 Å². The van der Waals surface area contributed by atoms with E-state index in [1.165, 1.54) is 63.4 Å². The van der Waals surface area contributed by atoms with Crippen LogP contribution in [0.15, 0.2) is 24.5 Å². The highest BCUT2D eigenvalue weighted by Crippen LogP contribution is 2.61. The third-order valence-corrected chi connectivity index (χ3v) is 8.29. The molecule has 0 saturated heterocycles. The van der Waals surface area contributed by atoms with Gasteiger partial charge < -0.3 is 9.64 Å². The van der Waals surface area contributed by atoms with Crippen LogP contribution < -0.4 is 0 Å². The van der Waals surface area contributed by atoms with E-state index < -0.39 is 0 Å². The van der Waals surface area contributed by atoms with Gasteiger partial charge in [0.2, 0.25) is 0 Å². The highest BCUT2D eigenvalue weighted by Gasteiger charge is 2.50. The summed E-state index contributed by atoms with van der Waals surface area (Å²) in [6.45, 7) is 3.11. The summed E-state index contributed by atoms with van der Waals surface area (Å²) in [4.78, 5) is 17.9. The normalized spacial score (nSPS) is 30.3. The van der Waals surface area contributed by atoms with E-state index in [1.54, 1.807) is 4.90 Å². The van der Waals surface area contributed by atoms with Gasteiger partial charge in [0.1, 0.15) is 0 Å². The Kier molecular flexibility index (Phi) is 7.00. The molecule has 166 valence electrons. The first-order valence-electron chi connectivity index (χ1n) is 12.3. The van der Waals surface area contributed by atoms with E-state index in [-0.39, 0.29) is 6.09 Å². The lowest BCUT2D eigenvalue weighted by Crippen LogP contribution is -2.46. The largest absolute Gasteiger partial charge is 0.450 e. The minimum atomic E-state index is -0.188. The number of amides is 1. The van der Waals surface area contributed by atoms with Gasteiger partial charge >= 0.3 is 6.09 Å². The lowest BCUT2D eigenvalue weighted by atomic mass is 9.48. The number of carbonyl (C=O) groups is 1. The molecule has 1 heterocycles. The molecule has 1 atom stereocenters. The molecule has 5 rings (SSSR count). The standard InChI is InChI=1S/C26H40N2O2/c1-3-30-25(29)28(2)13-9-20(4-5-21-7-11-27-12-8-21)6-10-26-17-22-14-23(18-26)16-24(15-22)19-26/h7-8,11-12,20,22-24H,3-6,9-10,13-19H2,1-2H3. The Balaban J connectivity index is 1.33. The maximum Gasteiger partial charge on any atom is 0.409 e. The lowest BCUT2D eigenvalue weighted by Gasteiger charge is -2.57. The number of rotatable bonds is 10. The topological polar surface area (TPSA) is 42.4 Å². The number of carbonyl (C=O) groups excluding carboxylic acids is 1. The SMILES string of the molecule is CCOC(=O)N(C)CCC(CCc1ccncc1)CCC12CC3CC(CC(C3)C1)C2. The summed E-state index contributed by atoms with van der Waals surface area (Å²) >= 11 is 0. The Morgan fingerprint density at radius 2 is 1.73 bits per heavy atom. The van der Waals surface area contributed by atoms with Crippen LogP contribution in [0.4, 0.5) is 4.79 Å². The highest BCUT2D eigenvalue weighted by atomic mass is 16.5. The van der Waals surface area contributed by atoms with Crippen molar-refractivity contribution in [2.45, 2.75) is 77.6 Å². The second kappa shape index (κ2) is 9.70. The molecule has 4 aliphatic rings. The predicted molar refractivity (Wildman–Crippen MR) is 120 cm³/mol. The molecule has 1 aromatic rings. The van der Waals surface area contributed by atoms with Crippen LogP contribution in [-0.2, 0) is 11.2 Å². The lowest BCUT2D eigenvalue weighted by molar-refractivity contribution is -0.0603. The third kappa shape index (κ3) is 5.36. The Hall–Kier alpha value is -1.58. The van der Waals surface area contributed by atoms with Gasteiger partial charge in [0.25, 0.3) is 0 Å². The molecule has 4 bridgehead atoms. The number of hydrogen-bond donors (Lipinski definition) is 0. The monoisotopic (exact) mass is 412 g/mol. The molecular weight excluding hydrogens is 372 g/mol. The minimum absolute atomic E-state index is 0.188. The molecule has 0 spiro atoms. The number of ether oxygens (including phenoxy) is 1. The molecule has 1 amide bonds. The van der Waals surface area contributed by atoms with Gasteiger partial charge in [-0.3, -0.25) is 4.98 Å². The first-order chi connectivity index (χ1) is 14.5. The molecule has 0 radical (unpaired) electrons. The Labute approximate surface area is 182 Å². The van der Waals surface area contributed by atoms with E-state index in [2.05, 4.69) is 17.1 Å². The first kappa shape index (κ1) is 21.6. The molecule has 1 unspecified atom stereocenters. The highest BCUT2D eigenvalue weighted by molar-refractivity contribution is 5.67. The number of aryl methyl sites for hydroxylation is 1. The summed E-state index contributed by atoms with van der Waals surface area (Å²) < 4.78 is 5.17. The zero-order valence-corrected chi connectivity index (χ0v) is 19.0. The van der Waals surface area contributed by atoms with Gasteiger partial charge in [-0.15, -0.1) is 0 Å². The molecule has 0 aromatic carbocycles. The fourth-order valence-corrected chi connectivity index (χ4v) is 7.16. The minimum Gasteiger partial charge on any atom is -0.450 e. The average molecular weight is 413 g/mol. The smallest absolute Gasteiger partial charge is 0.409 e. The fourth-order valence-electron chi connectivity index (χ4n) is 7.16. The van der Waals surface area contributed by atoms with Crippen molar-refractivity contribution in [1.29, 1.82) is 0 Å². The Morgan fingerprint density at radius 1 is 1.10 bits per heavy atom. The van der Waals surface area contributed by atoms with Gasteiger partial charge in [-0.05, 0) is 124 Å². The maximum absolute atomic E-state index is 12.0. The molecule has 4 aliphatic carbocycles. The van der Waals surface area contributed by atoms with Gasteiger partial charge in [0.05, 0.1) is 6.61 Å². The third-order valence-electron chi connectivity index (χ3n) is 8.29. The first-order valence-corrected chi connectivity index (χ1v) is 12.3. The van der Waals surface area contributed by atoms with E-state index >= 15 is 0 Å². The molecule has 0 N–H and O–H groups in total. The summed E-state index contributed by atoms with van der Waals surface area (Å²) in [5, 5.41) is 0. The zero-order valence-electron chi connectivity index (χ0n) is 19.0. The van der Waals surface area contributed by atoms with Crippen LogP contribution in [-0.4, -0.2) is 36.2 Å². The van der Waals surface area contributed by atoms with E-state index in [0.717, 1.165) is 37.1 Å². The van der Waals surface area contributed by atoms with Crippen LogP contribution in [0.3, 0.4) is 0 Å². The fraction of sp³-hybridized carbons (Fsp3) is 0.769. The molecule has 30 heavy (non-hydrogen) atoms. The van der Waals surface area contributed by atoms with Gasteiger partial charge in [-0.1, -0.05) is 0 Å². The van der Waals surface area contributed by atoms with Crippen molar-refractivity contribution >= 4 is 6.09 Å². The Morgan fingerprint density at radius 3 is 2.33 bits per heavy atom. The van der Waals surface area contributed by atoms with Crippen molar-refractivity contribution in [3.63, 3.8) is 0 Å². The number of hydrogen-bond acceptors (Lipinski definition) is 3. The van der Waals surface area contributed by atoms with Crippen molar-refractivity contribution in [2.24, 2.45) is 29.1 Å². The maximum atomic E-state index is 12.0. The number of nitrogens with zero attached hydrogens (tertiary/aromatic N) is 2. The summed E-state index contributed by atoms with van der Waals surface area (Å²) in [5.41, 5.74) is 2.03. The van der Waals surface area contributed by atoms with Gasteiger partial charge in [0, 0.05) is 26.0 Å². The molecule has 4 heteroatoms. The van der Waals surface area contributed by atoms with Crippen molar-refractivity contribution in [2.75, 3.05) is 20.2 Å². The van der Waals surface area contributed by atoms with Gasteiger partial charge in [0.15, 0.2) is 0 Å². The van der Waals surface area contributed by atoms with Crippen LogP contribution >= 0.6 is 0 Å². The summed E-state index contributed by atoms with van der Waals surface area (Å²) in [6, 6.07) is 4.28. The molecule has 4 nitrogen and oxygen atoms in total. The van der Waals surface area contributed by atoms with E-state index in [0.29, 0.717) is 17.9 Å². The van der Waals surface area contributed by atoms with Gasteiger partial charge in [-0.25, -0.2) is 4.79 Å². The van der Waals surface area contributed by atoms with Gasteiger partial charge in [-0.2, -0.15) is 0 Å². The van der Waals surface area contributed by atoms with Crippen LogP contribution in [0.25, 0.3) is 0 Å². The second-order valence-corrected chi connectivity index (χ2v) is 10.6. The predicted octanol–water partition coefficient (Wildman–Crippen LogP) is 6.11. The zero-order chi connectivity index (χ0) is 21.0. The molecule has 4 saturated carbocycles. The molecular formula is C26H40N2O2. The number of pyridine rings is 1. The van der Waals surface area contributed by atoms with Crippen molar-refractivity contribution in [3.05, 3.63) is 30.1 Å². The second-order valence-electron chi connectivity index (χ2n) is 10.6. The van der Waals surface area contributed by atoms with Crippen LogP contribution in [0.5, 0.6) is 0 Å². The van der Waals surface area contributed by atoms with Crippen molar-refractivity contribution in [1.82, 2.24) is 9.88 Å². The Bertz CT molecular complexity index is 654. The number of aromatic nitrogens is 1. The molecule has 4 fully saturated rings. The van der Waals surface area contributed by atoms with E-state index in [4.69, 9.17) is 4.74 Å². The van der Waals surface area contributed by atoms with Crippen molar-refractivity contribution in [3.8, 4) is 0 Å². The summed E-state index contributed by atoms with van der Waals surface area (Å²) in [5.74, 6) is 3.76. The average Bonchev–Trinajstić information content (AvgIpc) is 2.73. The summed E-state index contributed by atoms with van der Waals surface area (Å²) in [6.07, 6.45) is 18.8. The molecule has 1 aromatic heterocycles. The van der Waals surface area contributed by atoms with Crippen LogP contribution in [0.2, 0.25) is 0 Å². The van der Waals surface area contributed by atoms with Crippen LogP contribution in [0, 0.1) is 29.1 Å². The molecule has 0 aliphatic heterocycles. The van der Waals surface area contributed by atoms with Crippen LogP contribution in [0.1, 0.15) is 76.7 Å². The quantitative estimate of drug-likeness (QED) is 0.466.